The van der Waals surface area contributed by atoms with Crippen molar-refractivity contribution in [3.63, 3.8) is 0 Å². The number of esters is 2. The highest BCUT2D eigenvalue weighted by Gasteiger charge is 2.30. The van der Waals surface area contributed by atoms with Gasteiger partial charge in [0.15, 0.2) is 0 Å². The standard InChI is InChI=1S/C21H24N4O6S.C8H11NO2/c1-5-31-18(26)10-24-20(27)14-9-23-16(11(14)2)8-13-19-12(3)17(32(29,30)22-4)7-6-15(19)25-21(13)28;1-3-11-8(10)7-5-9-4-6(7)2/h6-9,22-23H,5,10H2,1-4H3,(H,24,27)(H,25,28);4-5,9H,3H2,1-2H3. The number of hydrogen-bond acceptors (Lipinski definition) is 8. The minimum atomic E-state index is -3.71. The molecule has 3 aromatic rings. The van der Waals surface area contributed by atoms with Crippen molar-refractivity contribution in [2.24, 2.45) is 0 Å². The number of benzene rings is 1. The molecule has 13 nitrogen and oxygen atoms in total. The molecule has 3 heterocycles. The second kappa shape index (κ2) is 14.0. The first-order valence-corrected chi connectivity index (χ1v) is 14.9. The molecule has 0 saturated heterocycles. The molecule has 1 aliphatic rings. The second-order valence-electron chi connectivity index (χ2n) is 9.33. The summed E-state index contributed by atoms with van der Waals surface area (Å²) in [6.07, 6.45) is 6.46. The number of fused-ring (bicyclic) bond motifs is 1. The number of carbonyl (C=O) groups excluding carboxylic acids is 4. The maximum atomic E-state index is 12.6. The van der Waals surface area contributed by atoms with Crippen LogP contribution in [0.3, 0.4) is 0 Å². The van der Waals surface area contributed by atoms with E-state index < -0.39 is 21.9 Å². The van der Waals surface area contributed by atoms with E-state index in [-0.39, 0.29) is 35.5 Å². The van der Waals surface area contributed by atoms with Gasteiger partial charge in [0.25, 0.3) is 11.8 Å². The summed E-state index contributed by atoms with van der Waals surface area (Å²) in [5.41, 5.74) is 4.60. The number of amides is 2. The van der Waals surface area contributed by atoms with Crippen LogP contribution in [0.4, 0.5) is 5.69 Å². The van der Waals surface area contributed by atoms with Crippen LogP contribution in [0.25, 0.3) is 11.6 Å². The molecule has 0 aliphatic carbocycles. The number of anilines is 1. The van der Waals surface area contributed by atoms with Crippen LogP contribution < -0.4 is 15.4 Å². The van der Waals surface area contributed by atoms with Crippen molar-refractivity contribution in [3.05, 3.63) is 69.8 Å². The van der Waals surface area contributed by atoms with Crippen molar-refractivity contribution in [1.29, 1.82) is 0 Å². The molecule has 4 rings (SSSR count). The number of aryl methyl sites for hydroxylation is 1. The third-order valence-electron chi connectivity index (χ3n) is 6.60. The minimum Gasteiger partial charge on any atom is -0.465 e. The quantitative estimate of drug-likeness (QED) is 0.180. The molecule has 0 radical (unpaired) electrons. The molecule has 5 N–H and O–H groups in total. The van der Waals surface area contributed by atoms with Gasteiger partial charge in [0.2, 0.25) is 10.0 Å². The van der Waals surface area contributed by atoms with E-state index in [1.807, 2.05) is 6.92 Å². The van der Waals surface area contributed by atoms with Crippen LogP contribution in [-0.4, -0.2) is 68.9 Å². The molecular weight excluding hydrogens is 578 g/mol. The van der Waals surface area contributed by atoms with Crippen LogP contribution >= 0.6 is 0 Å². The molecule has 1 aliphatic heterocycles. The van der Waals surface area contributed by atoms with Gasteiger partial charge in [-0.05, 0) is 76.6 Å². The maximum Gasteiger partial charge on any atom is 0.339 e. The molecule has 0 atom stereocenters. The Balaban J connectivity index is 0.000000386. The first-order valence-electron chi connectivity index (χ1n) is 13.4. The fourth-order valence-electron chi connectivity index (χ4n) is 4.36. The fraction of sp³-hybridized carbons (Fsp3) is 0.310. The van der Waals surface area contributed by atoms with Crippen LogP contribution in [0.5, 0.6) is 0 Å². The monoisotopic (exact) mass is 613 g/mol. The Kier molecular flexibility index (Phi) is 10.7. The predicted molar refractivity (Wildman–Crippen MR) is 160 cm³/mol. The van der Waals surface area contributed by atoms with E-state index in [0.717, 1.165) is 5.56 Å². The zero-order valence-electron chi connectivity index (χ0n) is 24.8. The zero-order chi connectivity index (χ0) is 31.9. The lowest BCUT2D eigenvalue weighted by Crippen LogP contribution is -2.30. The summed E-state index contributed by atoms with van der Waals surface area (Å²) >= 11 is 0. The molecule has 2 amide bonds. The van der Waals surface area contributed by atoms with Crippen molar-refractivity contribution in [1.82, 2.24) is 20.0 Å². The van der Waals surface area contributed by atoms with Crippen LogP contribution in [0, 0.1) is 20.8 Å². The number of carbonyl (C=O) groups is 4. The van der Waals surface area contributed by atoms with Crippen molar-refractivity contribution < 1.29 is 37.1 Å². The number of nitrogens with one attached hydrogen (secondary N) is 5. The summed E-state index contributed by atoms with van der Waals surface area (Å²) in [6, 6.07) is 2.98. The van der Waals surface area contributed by atoms with Gasteiger partial charge in [-0.2, -0.15) is 0 Å². The number of aromatic amines is 2. The average molecular weight is 614 g/mol. The maximum absolute atomic E-state index is 12.6. The van der Waals surface area contributed by atoms with Gasteiger partial charge in [0.05, 0.1) is 34.8 Å². The number of aromatic nitrogens is 2. The van der Waals surface area contributed by atoms with Gasteiger partial charge in [-0.25, -0.2) is 17.9 Å². The molecule has 0 bridgehead atoms. The Labute approximate surface area is 249 Å². The molecule has 230 valence electrons. The summed E-state index contributed by atoms with van der Waals surface area (Å²) in [5, 5.41) is 5.22. The first-order chi connectivity index (χ1) is 20.4. The zero-order valence-corrected chi connectivity index (χ0v) is 25.6. The normalized spacial score (nSPS) is 13.1. The van der Waals surface area contributed by atoms with Crippen molar-refractivity contribution in [2.45, 2.75) is 39.5 Å². The molecule has 0 spiro atoms. The third-order valence-corrected chi connectivity index (χ3v) is 8.15. The van der Waals surface area contributed by atoms with E-state index in [1.165, 1.54) is 19.3 Å². The molecule has 0 unspecified atom stereocenters. The Morgan fingerprint density at radius 3 is 2.26 bits per heavy atom. The number of hydrogen-bond donors (Lipinski definition) is 5. The van der Waals surface area contributed by atoms with E-state index in [2.05, 4.69) is 25.3 Å². The van der Waals surface area contributed by atoms with Gasteiger partial charge >= 0.3 is 11.9 Å². The van der Waals surface area contributed by atoms with Crippen LogP contribution in [0.2, 0.25) is 0 Å². The van der Waals surface area contributed by atoms with E-state index in [0.29, 0.717) is 45.8 Å². The van der Waals surface area contributed by atoms with Gasteiger partial charge in [-0.3, -0.25) is 14.4 Å². The van der Waals surface area contributed by atoms with Crippen LogP contribution in [-0.2, 0) is 29.1 Å². The second-order valence-corrected chi connectivity index (χ2v) is 11.2. The van der Waals surface area contributed by atoms with Gasteiger partial charge in [-0.15, -0.1) is 0 Å². The number of rotatable bonds is 9. The Morgan fingerprint density at radius 1 is 0.953 bits per heavy atom. The van der Waals surface area contributed by atoms with Gasteiger partial charge in [-0.1, -0.05) is 0 Å². The van der Waals surface area contributed by atoms with E-state index in [4.69, 9.17) is 9.47 Å². The van der Waals surface area contributed by atoms with Crippen LogP contribution in [0.15, 0.2) is 35.6 Å². The number of sulfonamides is 1. The highest BCUT2D eigenvalue weighted by Crippen LogP contribution is 2.38. The Morgan fingerprint density at radius 2 is 1.65 bits per heavy atom. The van der Waals surface area contributed by atoms with Crippen molar-refractivity contribution in [3.8, 4) is 0 Å². The summed E-state index contributed by atoms with van der Waals surface area (Å²) < 4.78 is 36.5. The summed E-state index contributed by atoms with van der Waals surface area (Å²) in [4.78, 5) is 53.4. The molecule has 2 aromatic heterocycles. The van der Waals surface area contributed by atoms with E-state index in [1.54, 1.807) is 52.2 Å². The van der Waals surface area contributed by atoms with Crippen LogP contribution in [0.1, 0.15) is 62.5 Å². The summed E-state index contributed by atoms with van der Waals surface area (Å²) in [7, 11) is -2.39. The van der Waals surface area contributed by atoms with Crippen molar-refractivity contribution in [2.75, 3.05) is 32.1 Å². The lowest BCUT2D eigenvalue weighted by atomic mass is 9.99. The fourth-order valence-corrected chi connectivity index (χ4v) is 5.33. The Hall–Kier alpha value is -4.69. The topological polar surface area (TPSA) is 189 Å². The lowest BCUT2D eigenvalue weighted by Gasteiger charge is -2.10. The van der Waals surface area contributed by atoms with Crippen molar-refractivity contribution >= 4 is 51.1 Å². The van der Waals surface area contributed by atoms with E-state index in [9.17, 15) is 27.6 Å². The average Bonchev–Trinajstić information content (AvgIpc) is 3.65. The largest absolute Gasteiger partial charge is 0.465 e. The Bertz CT molecular complexity index is 1680. The van der Waals surface area contributed by atoms with E-state index >= 15 is 0 Å². The lowest BCUT2D eigenvalue weighted by molar-refractivity contribution is -0.141. The highest BCUT2D eigenvalue weighted by molar-refractivity contribution is 7.89. The highest BCUT2D eigenvalue weighted by atomic mass is 32.2. The minimum absolute atomic E-state index is 0.0726. The van der Waals surface area contributed by atoms with Gasteiger partial charge < -0.3 is 30.1 Å². The number of ether oxygens (including phenoxy) is 2. The molecule has 14 heteroatoms. The molecule has 0 saturated carbocycles. The van der Waals surface area contributed by atoms with Gasteiger partial charge in [0, 0.05) is 35.5 Å². The predicted octanol–water partition coefficient (Wildman–Crippen LogP) is 2.83. The summed E-state index contributed by atoms with van der Waals surface area (Å²) in [6.45, 7) is 9.04. The molecular formula is C29H35N5O8S. The summed E-state index contributed by atoms with van der Waals surface area (Å²) in [5.74, 6) is -1.65. The van der Waals surface area contributed by atoms with Gasteiger partial charge in [0.1, 0.15) is 6.54 Å². The SMILES string of the molecule is CCOC(=O)CNC(=O)c1c[nH]c(C=C2C(=O)Nc3ccc(S(=O)(=O)NC)c(C)c32)c1C.CCOC(=O)c1c[nH]cc1C. The molecule has 0 fully saturated rings. The molecule has 43 heavy (non-hydrogen) atoms. The first kappa shape index (κ1) is 32.8. The smallest absolute Gasteiger partial charge is 0.339 e. The molecule has 1 aromatic carbocycles. The third kappa shape index (κ3) is 7.40. The number of H-pyrrole nitrogens is 2.